The van der Waals surface area contributed by atoms with Gasteiger partial charge in [0.25, 0.3) is 0 Å². The minimum atomic E-state index is 0. The van der Waals surface area contributed by atoms with Crippen molar-refractivity contribution in [1.82, 2.24) is 0 Å². The van der Waals surface area contributed by atoms with E-state index in [9.17, 15) is 0 Å². The Labute approximate surface area is 179 Å². The second-order valence-corrected chi connectivity index (χ2v) is 4.29. The van der Waals surface area contributed by atoms with Crippen molar-refractivity contribution < 1.29 is 0 Å². The van der Waals surface area contributed by atoms with E-state index in [1.807, 2.05) is 0 Å². The third kappa shape index (κ3) is 2.94. The van der Waals surface area contributed by atoms with Gasteiger partial charge in [-0.1, -0.05) is 60.7 Å². The molecule has 0 bridgehead atoms. The third-order valence-corrected chi connectivity index (χ3v) is 3.39. The first-order valence-corrected chi connectivity index (χ1v) is 5.56. The Morgan fingerprint density at radius 2 is 0.632 bits per heavy atom. The molecule has 0 aliphatic carbocycles. The van der Waals surface area contributed by atoms with Gasteiger partial charge in [0, 0.05) is 0 Å². The average molecular weight is 274 g/mol. The largest absolute Gasteiger partial charge is 0.0610 e. The Morgan fingerprint density at radius 3 is 0.895 bits per heavy atom. The van der Waals surface area contributed by atoms with Gasteiger partial charge >= 0.3 is 88.7 Å². The second kappa shape index (κ2) is 7.26. The summed E-state index contributed by atoms with van der Waals surface area (Å²) in [5.41, 5.74) is 0. The van der Waals surface area contributed by atoms with Crippen LogP contribution in [0.25, 0.3) is 32.3 Å². The van der Waals surface area contributed by atoms with Crippen LogP contribution < -0.4 is 0 Å². The summed E-state index contributed by atoms with van der Waals surface area (Å²) < 4.78 is 0. The fraction of sp³-hybridized carbons (Fsp3) is 0. The molecule has 0 atom stereocenters. The molecule has 3 heteroatoms. The molecule has 0 N–H and O–H groups in total. The van der Waals surface area contributed by atoms with Crippen LogP contribution in [0.4, 0.5) is 0 Å². The Balaban J connectivity index is 0.000000602. The van der Waals surface area contributed by atoms with Gasteiger partial charge < -0.3 is 0 Å². The molecule has 4 aromatic carbocycles. The van der Waals surface area contributed by atoms with Crippen molar-refractivity contribution in [2.45, 2.75) is 0 Å². The molecule has 0 aliphatic rings. The van der Waals surface area contributed by atoms with Crippen LogP contribution in [0.15, 0.2) is 60.7 Å². The van der Waals surface area contributed by atoms with Crippen molar-refractivity contribution in [1.29, 1.82) is 0 Å². The van der Waals surface area contributed by atoms with E-state index >= 15 is 0 Å². The van der Waals surface area contributed by atoms with Gasteiger partial charge in [-0.15, -0.1) is 0 Å². The second-order valence-electron chi connectivity index (χ2n) is 4.29. The van der Waals surface area contributed by atoms with Gasteiger partial charge in [-0.25, -0.2) is 0 Å². The van der Waals surface area contributed by atoms with Crippen LogP contribution in [0.2, 0.25) is 0 Å². The fourth-order valence-corrected chi connectivity index (χ4v) is 2.67. The SMILES string of the molecule is [NaH].[NaH].[NaH].c1cc2ccc3cccc4ccc(c1)c2c34. The van der Waals surface area contributed by atoms with Crippen molar-refractivity contribution in [3.8, 4) is 0 Å². The molecule has 4 rings (SSSR count). The molecule has 4 aromatic rings. The third-order valence-electron chi connectivity index (χ3n) is 3.39. The summed E-state index contributed by atoms with van der Waals surface area (Å²) in [6.45, 7) is 0. The van der Waals surface area contributed by atoms with Crippen molar-refractivity contribution in [3.05, 3.63) is 60.7 Å². The zero-order valence-corrected chi connectivity index (χ0v) is 8.77. The monoisotopic (exact) mass is 274 g/mol. The molecule has 0 radical (unpaired) electrons. The normalized spacial score (nSPS) is 9.89. The summed E-state index contributed by atoms with van der Waals surface area (Å²) in [5, 5.41) is 8.14. The summed E-state index contributed by atoms with van der Waals surface area (Å²) in [5.74, 6) is 0. The average Bonchev–Trinajstić information content (AvgIpc) is 2.36. The molecular weight excluding hydrogens is 261 g/mol. The molecule has 0 amide bonds. The Bertz CT molecular complexity index is 679. The molecular formula is C16H13Na3. The summed E-state index contributed by atoms with van der Waals surface area (Å²) >= 11 is 0. The number of rotatable bonds is 0. The fourth-order valence-electron chi connectivity index (χ4n) is 2.67. The summed E-state index contributed by atoms with van der Waals surface area (Å²) in [7, 11) is 0. The van der Waals surface area contributed by atoms with Crippen LogP contribution in [0, 0.1) is 0 Å². The quantitative estimate of drug-likeness (QED) is 0.341. The zero-order chi connectivity index (χ0) is 10.5. The topological polar surface area (TPSA) is 0 Å². The number of hydrogen-bond donors (Lipinski definition) is 0. The number of hydrogen-bond acceptors (Lipinski definition) is 0. The van der Waals surface area contributed by atoms with E-state index < -0.39 is 0 Å². The van der Waals surface area contributed by atoms with Crippen LogP contribution in [-0.2, 0) is 0 Å². The standard InChI is InChI=1S/C16H10.3Na.3H/c1-3-11-7-9-13-5-2-6-14-10-8-12(4-1)15(11)16(13)14;;;;;;/h1-10H;;;;;;. The van der Waals surface area contributed by atoms with Gasteiger partial charge in [0.15, 0.2) is 0 Å². The van der Waals surface area contributed by atoms with Crippen LogP contribution >= 0.6 is 0 Å². The minimum absolute atomic E-state index is 0. The molecule has 0 saturated heterocycles. The van der Waals surface area contributed by atoms with Gasteiger partial charge in [0.05, 0.1) is 0 Å². The molecule has 80 valence electrons. The van der Waals surface area contributed by atoms with E-state index in [4.69, 9.17) is 0 Å². The van der Waals surface area contributed by atoms with Gasteiger partial charge in [-0.3, -0.25) is 0 Å². The predicted molar refractivity (Wildman–Crippen MR) is 91.6 cm³/mol. The Hall–Kier alpha value is 0.920. The van der Waals surface area contributed by atoms with Crippen LogP contribution in [0.3, 0.4) is 0 Å². The summed E-state index contributed by atoms with van der Waals surface area (Å²) in [6.07, 6.45) is 0. The molecule has 0 unspecified atom stereocenters. The molecule has 0 fully saturated rings. The van der Waals surface area contributed by atoms with Crippen molar-refractivity contribution in [2.75, 3.05) is 0 Å². The maximum absolute atomic E-state index is 2.21. The van der Waals surface area contributed by atoms with Crippen LogP contribution in [0.5, 0.6) is 0 Å². The first kappa shape index (κ1) is 18.0. The van der Waals surface area contributed by atoms with Crippen molar-refractivity contribution in [3.63, 3.8) is 0 Å². The van der Waals surface area contributed by atoms with E-state index in [0.29, 0.717) is 0 Å². The molecule has 0 heterocycles. The molecule has 0 saturated carbocycles. The van der Waals surface area contributed by atoms with Gasteiger partial charge in [0.2, 0.25) is 0 Å². The minimum Gasteiger partial charge on any atom is -0.0610 e. The van der Waals surface area contributed by atoms with Crippen molar-refractivity contribution in [2.24, 2.45) is 0 Å². The first-order chi connectivity index (χ1) is 7.93. The maximum atomic E-state index is 2.21. The molecule has 0 nitrogen and oxygen atoms in total. The van der Waals surface area contributed by atoms with Crippen molar-refractivity contribution >= 4 is 121 Å². The maximum Gasteiger partial charge on any atom is -0.00268 e. The first-order valence-electron chi connectivity index (χ1n) is 5.56. The van der Waals surface area contributed by atoms with Crippen LogP contribution in [0.1, 0.15) is 0 Å². The van der Waals surface area contributed by atoms with Gasteiger partial charge in [-0.05, 0) is 32.3 Å². The molecule has 0 aliphatic heterocycles. The van der Waals surface area contributed by atoms with E-state index in [2.05, 4.69) is 60.7 Å². The van der Waals surface area contributed by atoms with E-state index in [1.54, 1.807) is 0 Å². The number of benzene rings is 4. The zero-order valence-electron chi connectivity index (χ0n) is 8.77. The molecule has 0 aromatic heterocycles. The predicted octanol–water partition coefficient (Wildman–Crippen LogP) is 2.64. The molecule has 19 heavy (non-hydrogen) atoms. The van der Waals surface area contributed by atoms with Gasteiger partial charge in [-0.2, -0.15) is 0 Å². The summed E-state index contributed by atoms with van der Waals surface area (Å²) in [6, 6.07) is 21.9. The summed E-state index contributed by atoms with van der Waals surface area (Å²) in [4.78, 5) is 0. The molecule has 0 spiro atoms. The smallest absolute Gasteiger partial charge is 0.00268 e. The van der Waals surface area contributed by atoms with E-state index in [0.717, 1.165) is 0 Å². The van der Waals surface area contributed by atoms with Crippen LogP contribution in [-0.4, -0.2) is 88.7 Å². The van der Waals surface area contributed by atoms with E-state index in [1.165, 1.54) is 32.3 Å². The van der Waals surface area contributed by atoms with Gasteiger partial charge in [0.1, 0.15) is 0 Å². The Kier molecular flexibility index (Phi) is 6.87. The van der Waals surface area contributed by atoms with E-state index in [-0.39, 0.29) is 88.7 Å². The Morgan fingerprint density at radius 1 is 0.368 bits per heavy atom.